The number of methoxy groups -OCH3 is 1. The van der Waals surface area contributed by atoms with Gasteiger partial charge in [-0.2, -0.15) is 5.10 Å². The molecular weight excluding hydrogens is 318 g/mol. The molecule has 2 amide bonds. The van der Waals surface area contributed by atoms with E-state index in [2.05, 4.69) is 15.7 Å². The SMILES string of the molecule is COCCn1cc(CNC(=O)N[C@H](C)c2cccc(F)c2F)cn1. The summed E-state index contributed by atoms with van der Waals surface area (Å²) >= 11 is 0. The Morgan fingerprint density at radius 1 is 1.42 bits per heavy atom. The maximum absolute atomic E-state index is 13.7. The molecule has 0 aliphatic rings. The second-order valence-electron chi connectivity index (χ2n) is 5.30. The standard InChI is InChI=1S/C16H20F2N4O2/c1-11(13-4-3-5-14(17)15(13)18)21-16(23)19-8-12-9-20-22(10-12)6-7-24-2/h3-5,9-11H,6-8H2,1-2H3,(H2,19,21,23)/t11-/m1/s1. The van der Waals surface area contributed by atoms with Crippen molar-refractivity contribution >= 4 is 6.03 Å². The van der Waals surface area contributed by atoms with Gasteiger partial charge in [0, 0.05) is 31.0 Å². The Bertz CT molecular complexity index is 690. The van der Waals surface area contributed by atoms with Crippen LogP contribution in [0.1, 0.15) is 24.1 Å². The molecule has 0 saturated heterocycles. The Kier molecular flexibility index (Phi) is 6.25. The van der Waals surface area contributed by atoms with Gasteiger partial charge in [0.05, 0.1) is 25.4 Å². The van der Waals surface area contributed by atoms with Crippen LogP contribution in [0.4, 0.5) is 13.6 Å². The highest BCUT2D eigenvalue weighted by Crippen LogP contribution is 2.18. The fraction of sp³-hybridized carbons (Fsp3) is 0.375. The van der Waals surface area contributed by atoms with Gasteiger partial charge in [0.1, 0.15) is 0 Å². The Balaban J connectivity index is 1.84. The highest BCUT2D eigenvalue weighted by Gasteiger charge is 2.16. The van der Waals surface area contributed by atoms with Crippen LogP contribution in [-0.4, -0.2) is 29.5 Å². The predicted molar refractivity (Wildman–Crippen MR) is 84.2 cm³/mol. The molecule has 2 rings (SSSR count). The molecule has 0 saturated carbocycles. The number of hydrogen-bond donors (Lipinski definition) is 2. The van der Waals surface area contributed by atoms with E-state index in [0.29, 0.717) is 13.2 Å². The highest BCUT2D eigenvalue weighted by atomic mass is 19.2. The van der Waals surface area contributed by atoms with E-state index in [9.17, 15) is 13.6 Å². The molecule has 2 aromatic rings. The van der Waals surface area contributed by atoms with Crippen LogP contribution < -0.4 is 10.6 Å². The van der Waals surface area contributed by atoms with Gasteiger partial charge >= 0.3 is 6.03 Å². The molecule has 1 atom stereocenters. The zero-order chi connectivity index (χ0) is 17.5. The van der Waals surface area contributed by atoms with Gasteiger partial charge in [-0.15, -0.1) is 0 Å². The van der Waals surface area contributed by atoms with Crippen molar-refractivity contribution in [2.45, 2.75) is 26.1 Å². The van der Waals surface area contributed by atoms with Crippen molar-refractivity contribution in [1.29, 1.82) is 0 Å². The van der Waals surface area contributed by atoms with Gasteiger partial charge in [-0.25, -0.2) is 13.6 Å². The van der Waals surface area contributed by atoms with Gasteiger partial charge in [-0.1, -0.05) is 12.1 Å². The van der Waals surface area contributed by atoms with E-state index in [1.54, 1.807) is 31.1 Å². The van der Waals surface area contributed by atoms with Crippen molar-refractivity contribution in [3.8, 4) is 0 Å². The summed E-state index contributed by atoms with van der Waals surface area (Å²) < 4.78 is 33.6. The lowest BCUT2D eigenvalue weighted by atomic mass is 10.1. The summed E-state index contributed by atoms with van der Waals surface area (Å²) in [6, 6.07) is 2.73. The van der Waals surface area contributed by atoms with Crippen molar-refractivity contribution < 1.29 is 18.3 Å². The van der Waals surface area contributed by atoms with Gasteiger partial charge in [0.2, 0.25) is 0 Å². The minimum Gasteiger partial charge on any atom is -0.383 e. The van der Waals surface area contributed by atoms with Crippen LogP contribution in [0.2, 0.25) is 0 Å². The number of urea groups is 1. The number of carbonyl (C=O) groups is 1. The molecule has 6 nitrogen and oxygen atoms in total. The summed E-state index contributed by atoms with van der Waals surface area (Å²) in [6.45, 7) is 3.03. The average Bonchev–Trinajstić information content (AvgIpc) is 3.01. The largest absolute Gasteiger partial charge is 0.383 e. The zero-order valence-corrected chi connectivity index (χ0v) is 13.6. The van der Waals surface area contributed by atoms with Gasteiger partial charge in [0.15, 0.2) is 11.6 Å². The van der Waals surface area contributed by atoms with E-state index in [0.717, 1.165) is 11.6 Å². The number of carbonyl (C=O) groups excluding carboxylic acids is 1. The van der Waals surface area contributed by atoms with Crippen molar-refractivity contribution in [3.63, 3.8) is 0 Å². The molecule has 0 aliphatic heterocycles. The number of halogens is 2. The summed E-state index contributed by atoms with van der Waals surface area (Å²) in [6.07, 6.45) is 3.45. The summed E-state index contributed by atoms with van der Waals surface area (Å²) in [5.41, 5.74) is 0.920. The van der Waals surface area contributed by atoms with Crippen LogP contribution in [0.5, 0.6) is 0 Å². The smallest absolute Gasteiger partial charge is 0.315 e. The number of amides is 2. The molecular formula is C16H20F2N4O2. The third-order valence-corrected chi connectivity index (χ3v) is 3.46. The Morgan fingerprint density at radius 2 is 2.21 bits per heavy atom. The molecule has 24 heavy (non-hydrogen) atoms. The number of rotatable bonds is 7. The lowest BCUT2D eigenvalue weighted by Crippen LogP contribution is -2.36. The monoisotopic (exact) mass is 338 g/mol. The van der Waals surface area contributed by atoms with Crippen LogP contribution in [0.15, 0.2) is 30.6 Å². The highest BCUT2D eigenvalue weighted by molar-refractivity contribution is 5.74. The third kappa shape index (κ3) is 4.76. The van der Waals surface area contributed by atoms with E-state index in [4.69, 9.17) is 4.74 Å². The molecule has 130 valence electrons. The lowest BCUT2D eigenvalue weighted by molar-refractivity contribution is 0.183. The number of nitrogens with zero attached hydrogens (tertiary/aromatic N) is 2. The van der Waals surface area contributed by atoms with Gasteiger partial charge in [0.25, 0.3) is 0 Å². The van der Waals surface area contributed by atoms with E-state index < -0.39 is 23.7 Å². The fourth-order valence-corrected chi connectivity index (χ4v) is 2.17. The van der Waals surface area contributed by atoms with E-state index in [1.165, 1.54) is 12.1 Å². The molecule has 1 aromatic carbocycles. The van der Waals surface area contributed by atoms with Crippen LogP contribution in [0.3, 0.4) is 0 Å². The van der Waals surface area contributed by atoms with Gasteiger partial charge in [-0.3, -0.25) is 4.68 Å². The Hall–Kier alpha value is -2.48. The summed E-state index contributed by atoms with van der Waals surface area (Å²) in [7, 11) is 1.61. The molecule has 0 unspecified atom stereocenters. The number of ether oxygens (including phenoxy) is 1. The number of benzene rings is 1. The normalized spacial score (nSPS) is 12.0. The minimum absolute atomic E-state index is 0.0949. The van der Waals surface area contributed by atoms with Crippen molar-refractivity contribution in [1.82, 2.24) is 20.4 Å². The molecule has 1 heterocycles. The molecule has 0 spiro atoms. The minimum atomic E-state index is -0.954. The maximum Gasteiger partial charge on any atom is 0.315 e. The summed E-state index contributed by atoms with van der Waals surface area (Å²) in [5, 5.41) is 9.36. The van der Waals surface area contributed by atoms with Gasteiger partial charge < -0.3 is 15.4 Å². The molecule has 1 aromatic heterocycles. The molecule has 0 aliphatic carbocycles. The molecule has 0 bridgehead atoms. The molecule has 0 fully saturated rings. The molecule has 8 heteroatoms. The zero-order valence-electron chi connectivity index (χ0n) is 13.6. The second-order valence-corrected chi connectivity index (χ2v) is 5.30. The third-order valence-electron chi connectivity index (χ3n) is 3.46. The number of nitrogens with one attached hydrogen (secondary N) is 2. The predicted octanol–water partition coefficient (Wildman–Crippen LogP) is 2.37. The van der Waals surface area contributed by atoms with Crippen LogP contribution in [0, 0.1) is 11.6 Å². The first-order chi connectivity index (χ1) is 11.5. The second kappa shape index (κ2) is 8.39. The van der Waals surface area contributed by atoms with Crippen LogP contribution in [-0.2, 0) is 17.8 Å². The summed E-state index contributed by atoms with van der Waals surface area (Å²) in [5.74, 6) is -1.89. The van der Waals surface area contributed by atoms with E-state index in [-0.39, 0.29) is 12.1 Å². The first kappa shape index (κ1) is 17.9. The number of aromatic nitrogens is 2. The van der Waals surface area contributed by atoms with Crippen molar-refractivity contribution in [3.05, 3.63) is 53.4 Å². The van der Waals surface area contributed by atoms with Gasteiger partial charge in [-0.05, 0) is 13.0 Å². The Labute approximate surface area is 138 Å². The average molecular weight is 338 g/mol. The summed E-state index contributed by atoms with van der Waals surface area (Å²) in [4.78, 5) is 11.9. The van der Waals surface area contributed by atoms with Crippen molar-refractivity contribution in [2.24, 2.45) is 0 Å². The Morgan fingerprint density at radius 3 is 2.96 bits per heavy atom. The fourth-order valence-electron chi connectivity index (χ4n) is 2.17. The quantitative estimate of drug-likeness (QED) is 0.814. The number of hydrogen-bond acceptors (Lipinski definition) is 3. The van der Waals surface area contributed by atoms with Crippen LogP contribution in [0.25, 0.3) is 0 Å². The topological polar surface area (TPSA) is 68.2 Å². The first-order valence-corrected chi connectivity index (χ1v) is 7.49. The first-order valence-electron chi connectivity index (χ1n) is 7.49. The van der Waals surface area contributed by atoms with E-state index in [1.807, 2.05) is 0 Å². The van der Waals surface area contributed by atoms with Crippen molar-refractivity contribution in [2.75, 3.05) is 13.7 Å². The maximum atomic E-state index is 13.7. The molecule has 2 N–H and O–H groups in total. The van der Waals surface area contributed by atoms with E-state index >= 15 is 0 Å². The van der Waals surface area contributed by atoms with Crippen LogP contribution >= 0.6 is 0 Å². The lowest BCUT2D eigenvalue weighted by Gasteiger charge is -2.15. The molecule has 0 radical (unpaired) electrons.